The Labute approximate surface area is 126 Å². The Hall–Kier alpha value is -0.0800. The van der Waals surface area contributed by atoms with Crippen molar-refractivity contribution in [1.29, 1.82) is 0 Å². The second kappa shape index (κ2) is 7.79. The number of nitrogens with one attached hydrogen (secondary N) is 1. The van der Waals surface area contributed by atoms with Crippen molar-refractivity contribution in [2.75, 3.05) is 13.2 Å². The average Bonchev–Trinajstić information content (AvgIpc) is 2.97. The third-order valence-electron chi connectivity index (χ3n) is 5.53. The molecule has 0 heterocycles. The van der Waals surface area contributed by atoms with Crippen LogP contribution in [0.4, 0.5) is 0 Å². The van der Waals surface area contributed by atoms with E-state index in [1.165, 1.54) is 57.8 Å². The summed E-state index contributed by atoms with van der Waals surface area (Å²) in [6, 6.07) is 0.561. The molecule has 0 amide bonds. The fourth-order valence-corrected chi connectivity index (χ4v) is 3.85. The van der Waals surface area contributed by atoms with Crippen molar-refractivity contribution in [3.8, 4) is 0 Å². The smallest absolute Gasteiger partial charge is 0.0806 e. The predicted molar refractivity (Wildman–Crippen MR) is 86.0 cm³/mol. The Morgan fingerprint density at radius 3 is 2.25 bits per heavy atom. The first-order valence-corrected chi connectivity index (χ1v) is 9.01. The highest BCUT2D eigenvalue weighted by Gasteiger charge is 2.36. The van der Waals surface area contributed by atoms with E-state index in [1.54, 1.807) is 0 Å². The van der Waals surface area contributed by atoms with Gasteiger partial charge in [-0.05, 0) is 50.4 Å². The topological polar surface area (TPSA) is 21.3 Å². The molecular formula is C18H35NO. The fraction of sp³-hybridized carbons (Fsp3) is 1.00. The molecule has 0 radical (unpaired) electrons. The van der Waals surface area contributed by atoms with Crippen molar-refractivity contribution >= 4 is 0 Å². The molecular weight excluding hydrogens is 246 g/mol. The van der Waals surface area contributed by atoms with Crippen LogP contribution in [0, 0.1) is 11.8 Å². The zero-order valence-corrected chi connectivity index (χ0v) is 13.9. The molecule has 0 aromatic heterocycles. The standard InChI is InChI=1S/C18H35NO/c1-4-16-9-11-18(12-10-16,14-19-15(2)3)20-13-17-7-5-6-8-17/h15-17,19H,4-14H2,1-3H3. The Morgan fingerprint density at radius 2 is 1.70 bits per heavy atom. The van der Waals surface area contributed by atoms with Gasteiger partial charge in [0.2, 0.25) is 0 Å². The van der Waals surface area contributed by atoms with E-state index >= 15 is 0 Å². The van der Waals surface area contributed by atoms with Crippen LogP contribution in [-0.4, -0.2) is 24.8 Å². The summed E-state index contributed by atoms with van der Waals surface area (Å²) in [5.41, 5.74) is 0.137. The zero-order valence-electron chi connectivity index (χ0n) is 13.9. The molecule has 0 aromatic rings. The van der Waals surface area contributed by atoms with E-state index in [-0.39, 0.29) is 5.60 Å². The molecule has 0 unspecified atom stereocenters. The van der Waals surface area contributed by atoms with Gasteiger partial charge in [0.1, 0.15) is 0 Å². The number of rotatable bonds is 7. The summed E-state index contributed by atoms with van der Waals surface area (Å²) in [5, 5.41) is 3.64. The molecule has 0 aliphatic heterocycles. The van der Waals surface area contributed by atoms with Crippen molar-refractivity contribution in [2.24, 2.45) is 11.8 Å². The second-order valence-electron chi connectivity index (χ2n) is 7.53. The Morgan fingerprint density at radius 1 is 1.05 bits per heavy atom. The lowest BCUT2D eigenvalue weighted by atomic mass is 9.77. The van der Waals surface area contributed by atoms with Crippen LogP contribution in [0.3, 0.4) is 0 Å². The molecule has 2 nitrogen and oxygen atoms in total. The molecule has 2 saturated carbocycles. The maximum Gasteiger partial charge on any atom is 0.0806 e. The minimum Gasteiger partial charge on any atom is -0.373 e. The maximum absolute atomic E-state index is 6.54. The van der Waals surface area contributed by atoms with Gasteiger partial charge in [0.15, 0.2) is 0 Å². The van der Waals surface area contributed by atoms with E-state index in [4.69, 9.17) is 4.74 Å². The molecule has 2 aliphatic rings. The highest BCUT2D eigenvalue weighted by Crippen LogP contribution is 2.37. The van der Waals surface area contributed by atoms with Crippen LogP contribution < -0.4 is 5.32 Å². The summed E-state index contributed by atoms with van der Waals surface area (Å²) in [5.74, 6) is 1.78. The van der Waals surface area contributed by atoms with E-state index < -0.39 is 0 Å². The van der Waals surface area contributed by atoms with Gasteiger partial charge in [-0.15, -0.1) is 0 Å². The lowest BCUT2D eigenvalue weighted by Crippen LogP contribution is -2.48. The minimum atomic E-state index is 0.137. The van der Waals surface area contributed by atoms with Crippen LogP contribution in [-0.2, 0) is 4.74 Å². The van der Waals surface area contributed by atoms with E-state index in [9.17, 15) is 0 Å². The normalized spacial score (nSPS) is 32.1. The SMILES string of the molecule is CCC1CCC(CNC(C)C)(OCC2CCCC2)CC1. The highest BCUT2D eigenvalue weighted by molar-refractivity contribution is 4.90. The number of ether oxygens (including phenoxy) is 1. The lowest BCUT2D eigenvalue weighted by Gasteiger charge is -2.41. The van der Waals surface area contributed by atoms with Crippen molar-refractivity contribution in [2.45, 2.75) is 90.2 Å². The van der Waals surface area contributed by atoms with Gasteiger partial charge in [0.05, 0.1) is 12.2 Å². The maximum atomic E-state index is 6.54. The first kappa shape index (κ1) is 16.3. The molecule has 118 valence electrons. The van der Waals surface area contributed by atoms with Crippen LogP contribution in [0.2, 0.25) is 0 Å². The quantitative estimate of drug-likeness (QED) is 0.740. The van der Waals surface area contributed by atoms with Crippen LogP contribution in [0.15, 0.2) is 0 Å². The highest BCUT2D eigenvalue weighted by atomic mass is 16.5. The van der Waals surface area contributed by atoms with E-state index in [2.05, 4.69) is 26.1 Å². The molecule has 0 atom stereocenters. The summed E-state index contributed by atoms with van der Waals surface area (Å²) in [7, 11) is 0. The molecule has 2 heteroatoms. The van der Waals surface area contributed by atoms with E-state index in [1.807, 2.05) is 0 Å². The fourth-order valence-electron chi connectivity index (χ4n) is 3.85. The molecule has 2 aliphatic carbocycles. The molecule has 0 aromatic carbocycles. The molecule has 2 fully saturated rings. The van der Waals surface area contributed by atoms with Crippen LogP contribution in [0.25, 0.3) is 0 Å². The van der Waals surface area contributed by atoms with Gasteiger partial charge < -0.3 is 10.1 Å². The van der Waals surface area contributed by atoms with Crippen molar-refractivity contribution < 1.29 is 4.74 Å². The van der Waals surface area contributed by atoms with Crippen molar-refractivity contribution in [1.82, 2.24) is 5.32 Å². The first-order chi connectivity index (χ1) is 9.63. The predicted octanol–water partition coefficient (Wildman–Crippen LogP) is 4.53. The first-order valence-electron chi connectivity index (χ1n) is 9.01. The van der Waals surface area contributed by atoms with Crippen LogP contribution in [0.5, 0.6) is 0 Å². The monoisotopic (exact) mass is 281 g/mol. The molecule has 20 heavy (non-hydrogen) atoms. The number of hydrogen-bond acceptors (Lipinski definition) is 2. The Kier molecular flexibility index (Phi) is 6.35. The molecule has 0 bridgehead atoms. The lowest BCUT2D eigenvalue weighted by molar-refractivity contribution is -0.0890. The second-order valence-corrected chi connectivity index (χ2v) is 7.53. The summed E-state index contributed by atoms with van der Waals surface area (Å²) < 4.78 is 6.54. The van der Waals surface area contributed by atoms with Crippen molar-refractivity contribution in [3.05, 3.63) is 0 Å². The van der Waals surface area contributed by atoms with Crippen LogP contribution in [0.1, 0.15) is 78.6 Å². The Balaban J connectivity index is 1.85. The number of hydrogen-bond donors (Lipinski definition) is 1. The molecule has 0 saturated heterocycles. The van der Waals surface area contributed by atoms with Gasteiger partial charge in [-0.25, -0.2) is 0 Å². The molecule has 0 spiro atoms. The van der Waals surface area contributed by atoms with E-state index in [0.717, 1.165) is 25.0 Å². The van der Waals surface area contributed by atoms with E-state index in [0.29, 0.717) is 6.04 Å². The molecule has 1 N–H and O–H groups in total. The third kappa shape index (κ3) is 4.73. The third-order valence-corrected chi connectivity index (χ3v) is 5.53. The molecule has 2 rings (SSSR count). The van der Waals surface area contributed by atoms with Gasteiger partial charge >= 0.3 is 0 Å². The van der Waals surface area contributed by atoms with Gasteiger partial charge in [-0.1, -0.05) is 40.0 Å². The largest absolute Gasteiger partial charge is 0.373 e. The summed E-state index contributed by atoms with van der Waals surface area (Å²) in [6.45, 7) is 8.87. The van der Waals surface area contributed by atoms with Crippen molar-refractivity contribution in [3.63, 3.8) is 0 Å². The summed E-state index contributed by atoms with van der Waals surface area (Å²) in [6.07, 6.45) is 12.2. The van der Waals surface area contributed by atoms with Crippen LogP contribution >= 0.6 is 0 Å². The minimum absolute atomic E-state index is 0.137. The Bertz CT molecular complexity index is 263. The van der Waals surface area contributed by atoms with Gasteiger partial charge in [0, 0.05) is 12.6 Å². The zero-order chi connectivity index (χ0) is 14.4. The van der Waals surface area contributed by atoms with Gasteiger partial charge in [-0.2, -0.15) is 0 Å². The average molecular weight is 281 g/mol. The van der Waals surface area contributed by atoms with Gasteiger partial charge in [0.25, 0.3) is 0 Å². The summed E-state index contributed by atoms with van der Waals surface area (Å²) >= 11 is 0. The van der Waals surface area contributed by atoms with Gasteiger partial charge in [-0.3, -0.25) is 0 Å². The summed E-state index contributed by atoms with van der Waals surface area (Å²) in [4.78, 5) is 0.